The zero-order chi connectivity index (χ0) is 20.5. The molecule has 0 aliphatic carbocycles. The second kappa shape index (κ2) is 10.6. The van der Waals surface area contributed by atoms with Crippen LogP contribution >= 0.6 is 23.2 Å². The van der Waals surface area contributed by atoms with Crippen molar-refractivity contribution in [1.82, 2.24) is 0 Å². The maximum atomic E-state index is 12.2. The van der Waals surface area contributed by atoms with E-state index in [4.69, 9.17) is 37.4 Å². The maximum absolute atomic E-state index is 12.2. The summed E-state index contributed by atoms with van der Waals surface area (Å²) in [5.41, 5.74) is 0.544. The number of rotatable bonds is 9. The lowest BCUT2D eigenvalue weighted by molar-refractivity contribution is -0.118. The van der Waals surface area contributed by atoms with E-state index in [2.05, 4.69) is 5.32 Å². The molecular formula is C22H19Cl2NO4. The van der Waals surface area contributed by atoms with Crippen molar-refractivity contribution in [2.24, 2.45) is 0 Å². The summed E-state index contributed by atoms with van der Waals surface area (Å²) in [5, 5.41) is 3.61. The third kappa shape index (κ3) is 6.59. The van der Waals surface area contributed by atoms with Gasteiger partial charge in [0.25, 0.3) is 5.91 Å². The summed E-state index contributed by atoms with van der Waals surface area (Å²) in [6, 6.07) is 21.4. The average Bonchev–Trinajstić information content (AvgIpc) is 2.72. The summed E-state index contributed by atoms with van der Waals surface area (Å²) in [6.45, 7) is 0.510. The number of halogens is 2. The van der Waals surface area contributed by atoms with Crippen molar-refractivity contribution in [3.63, 3.8) is 0 Å². The van der Waals surface area contributed by atoms with Gasteiger partial charge in [-0.15, -0.1) is 0 Å². The average molecular weight is 432 g/mol. The molecule has 0 saturated carbocycles. The van der Waals surface area contributed by atoms with Crippen molar-refractivity contribution in [3.8, 4) is 17.2 Å². The normalized spacial score (nSPS) is 10.3. The van der Waals surface area contributed by atoms with Crippen LogP contribution in [0, 0.1) is 0 Å². The van der Waals surface area contributed by atoms with Crippen molar-refractivity contribution >= 4 is 34.8 Å². The van der Waals surface area contributed by atoms with Gasteiger partial charge in [0.05, 0.1) is 10.7 Å². The Morgan fingerprint density at radius 1 is 0.793 bits per heavy atom. The van der Waals surface area contributed by atoms with E-state index in [9.17, 15) is 4.79 Å². The molecule has 0 saturated heterocycles. The Kier molecular flexibility index (Phi) is 7.61. The molecule has 0 atom stereocenters. The Labute approximate surface area is 179 Å². The summed E-state index contributed by atoms with van der Waals surface area (Å²) in [4.78, 5) is 12.2. The molecule has 3 aromatic carbocycles. The largest absolute Gasteiger partial charge is 0.490 e. The van der Waals surface area contributed by atoms with E-state index in [1.165, 1.54) is 0 Å². The first-order valence-electron chi connectivity index (χ1n) is 8.89. The molecule has 0 fully saturated rings. The van der Waals surface area contributed by atoms with Crippen molar-refractivity contribution in [2.75, 3.05) is 25.1 Å². The molecule has 0 aliphatic heterocycles. The van der Waals surface area contributed by atoms with Crippen molar-refractivity contribution in [1.29, 1.82) is 0 Å². The fourth-order valence-electron chi connectivity index (χ4n) is 2.45. The van der Waals surface area contributed by atoms with Crippen molar-refractivity contribution in [2.45, 2.75) is 0 Å². The van der Waals surface area contributed by atoms with E-state index in [1.54, 1.807) is 36.4 Å². The highest BCUT2D eigenvalue weighted by atomic mass is 35.5. The van der Waals surface area contributed by atoms with Crippen LogP contribution in [0.25, 0.3) is 0 Å². The molecule has 3 aromatic rings. The summed E-state index contributed by atoms with van der Waals surface area (Å²) in [7, 11) is 0. The predicted octanol–water partition coefficient (Wildman–Crippen LogP) is 5.47. The number of benzene rings is 3. The lowest BCUT2D eigenvalue weighted by Gasteiger charge is -2.13. The Hall–Kier alpha value is -2.89. The van der Waals surface area contributed by atoms with Gasteiger partial charge in [-0.1, -0.05) is 53.5 Å². The van der Waals surface area contributed by atoms with Crippen LogP contribution in [0.5, 0.6) is 17.2 Å². The van der Waals surface area contributed by atoms with Gasteiger partial charge in [0.2, 0.25) is 0 Å². The fraction of sp³-hybridized carbons (Fsp3) is 0.136. The monoisotopic (exact) mass is 431 g/mol. The second-order valence-electron chi connectivity index (χ2n) is 5.92. The van der Waals surface area contributed by atoms with Gasteiger partial charge in [0, 0.05) is 5.02 Å². The molecule has 7 heteroatoms. The molecule has 1 N–H and O–H groups in total. The number of carbonyl (C=O) groups excluding carboxylic acids is 1. The third-order valence-corrected chi connectivity index (χ3v) is 4.30. The van der Waals surface area contributed by atoms with Crippen LogP contribution in [-0.2, 0) is 4.79 Å². The van der Waals surface area contributed by atoms with Crippen LogP contribution in [0.2, 0.25) is 10.0 Å². The number of amides is 1. The van der Waals surface area contributed by atoms with Gasteiger partial charge in [-0.2, -0.15) is 0 Å². The highest BCUT2D eigenvalue weighted by Crippen LogP contribution is 2.28. The van der Waals surface area contributed by atoms with Crippen LogP contribution in [0.3, 0.4) is 0 Å². The first-order chi connectivity index (χ1) is 14.1. The van der Waals surface area contributed by atoms with E-state index < -0.39 is 0 Å². The molecule has 0 aromatic heterocycles. The molecular weight excluding hydrogens is 413 g/mol. The van der Waals surface area contributed by atoms with Crippen molar-refractivity contribution < 1.29 is 19.0 Å². The first kappa shape index (κ1) is 20.8. The molecule has 0 aliphatic rings. The summed E-state index contributed by atoms with van der Waals surface area (Å²) in [6.07, 6.45) is 0. The summed E-state index contributed by atoms with van der Waals surface area (Å²) >= 11 is 11.9. The molecule has 0 radical (unpaired) electrons. The standard InChI is InChI=1S/C22H19Cl2NO4/c23-16-10-11-20(18(24)14-16)29-15-22(26)25-19-8-4-5-9-21(19)28-13-12-27-17-6-2-1-3-7-17/h1-11,14H,12-13,15H2,(H,25,26). The zero-order valence-corrected chi connectivity index (χ0v) is 17.0. The lowest BCUT2D eigenvalue weighted by atomic mass is 10.3. The predicted molar refractivity (Wildman–Crippen MR) is 114 cm³/mol. The molecule has 0 bridgehead atoms. The van der Waals surface area contributed by atoms with Gasteiger partial charge < -0.3 is 19.5 Å². The van der Waals surface area contributed by atoms with Gasteiger partial charge in [-0.3, -0.25) is 4.79 Å². The summed E-state index contributed by atoms with van der Waals surface area (Å²) < 4.78 is 16.8. The van der Waals surface area contributed by atoms with Gasteiger partial charge in [0.1, 0.15) is 30.5 Å². The van der Waals surface area contributed by atoms with Crippen LogP contribution in [0.1, 0.15) is 0 Å². The van der Waals surface area contributed by atoms with E-state index in [-0.39, 0.29) is 12.5 Å². The molecule has 1 amide bonds. The second-order valence-corrected chi connectivity index (χ2v) is 6.76. The SMILES string of the molecule is O=C(COc1ccc(Cl)cc1Cl)Nc1ccccc1OCCOc1ccccc1. The molecule has 0 heterocycles. The Morgan fingerprint density at radius 3 is 2.31 bits per heavy atom. The molecule has 3 rings (SSSR count). The zero-order valence-electron chi connectivity index (χ0n) is 15.4. The number of anilines is 1. The van der Waals surface area contributed by atoms with E-state index >= 15 is 0 Å². The fourth-order valence-corrected chi connectivity index (χ4v) is 2.91. The molecule has 29 heavy (non-hydrogen) atoms. The minimum absolute atomic E-state index is 0.202. The maximum Gasteiger partial charge on any atom is 0.262 e. The van der Waals surface area contributed by atoms with Gasteiger partial charge in [-0.25, -0.2) is 0 Å². The van der Waals surface area contributed by atoms with Gasteiger partial charge in [-0.05, 0) is 42.5 Å². The number of hydrogen-bond donors (Lipinski definition) is 1. The van der Waals surface area contributed by atoms with Gasteiger partial charge >= 0.3 is 0 Å². The number of carbonyl (C=O) groups is 1. The Bertz CT molecular complexity index is 951. The molecule has 0 unspecified atom stereocenters. The molecule has 150 valence electrons. The van der Waals surface area contributed by atoms with Crippen molar-refractivity contribution in [3.05, 3.63) is 82.8 Å². The topological polar surface area (TPSA) is 56.8 Å². The van der Waals surface area contributed by atoms with E-state index in [0.29, 0.717) is 40.4 Å². The lowest BCUT2D eigenvalue weighted by Crippen LogP contribution is -2.21. The van der Waals surface area contributed by atoms with Gasteiger partial charge in [0.15, 0.2) is 6.61 Å². The highest BCUT2D eigenvalue weighted by Gasteiger charge is 2.10. The Balaban J connectivity index is 1.49. The van der Waals surface area contributed by atoms with E-state index in [1.807, 2.05) is 36.4 Å². The van der Waals surface area contributed by atoms with Crippen LogP contribution in [0.15, 0.2) is 72.8 Å². The van der Waals surface area contributed by atoms with Crippen LogP contribution < -0.4 is 19.5 Å². The highest BCUT2D eigenvalue weighted by molar-refractivity contribution is 6.35. The minimum atomic E-state index is -0.340. The number of hydrogen-bond acceptors (Lipinski definition) is 4. The number of para-hydroxylation sites is 3. The number of ether oxygens (including phenoxy) is 3. The molecule has 5 nitrogen and oxygen atoms in total. The van der Waals surface area contributed by atoms with Crippen LogP contribution in [0.4, 0.5) is 5.69 Å². The number of nitrogens with one attached hydrogen (secondary N) is 1. The minimum Gasteiger partial charge on any atom is -0.490 e. The van der Waals surface area contributed by atoms with Crippen LogP contribution in [-0.4, -0.2) is 25.7 Å². The smallest absolute Gasteiger partial charge is 0.262 e. The van der Waals surface area contributed by atoms with E-state index in [0.717, 1.165) is 5.75 Å². The quantitative estimate of drug-likeness (QED) is 0.456. The molecule has 0 spiro atoms. The summed E-state index contributed by atoms with van der Waals surface area (Å²) in [5.74, 6) is 1.36. The Morgan fingerprint density at radius 2 is 1.52 bits per heavy atom. The first-order valence-corrected chi connectivity index (χ1v) is 9.65. The third-order valence-electron chi connectivity index (χ3n) is 3.77.